The van der Waals surface area contributed by atoms with E-state index in [0.29, 0.717) is 24.4 Å². The summed E-state index contributed by atoms with van der Waals surface area (Å²) in [5.74, 6) is 0.338. The first kappa shape index (κ1) is 12.5. The van der Waals surface area contributed by atoms with Crippen LogP contribution in [0.5, 0.6) is 0 Å². The highest BCUT2D eigenvalue weighted by Crippen LogP contribution is 2.23. The maximum absolute atomic E-state index is 12.0. The Hall–Kier alpha value is -0.570. The second-order valence-corrected chi connectivity index (χ2v) is 4.64. The molecule has 0 aromatic carbocycles. The molecule has 1 saturated heterocycles. The summed E-state index contributed by atoms with van der Waals surface area (Å²) in [5.41, 5.74) is 0. The summed E-state index contributed by atoms with van der Waals surface area (Å²) < 4.78 is 0. The summed E-state index contributed by atoms with van der Waals surface area (Å²) >= 11 is 0. The van der Waals surface area contributed by atoms with E-state index < -0.39 is 0 Å². The minimum Gasteiger partial charge on any atom is -0.337 e. The number of hydrogen-bond donors (Lipinski definition) is 1. The Morgan fingerprint density at radius 2 is 1.93 bits per heavy atom. The minimum atomic E-state index is 0.338. The molecule has 0 spiro atoms. The second-order valence-electron chi connectivity index (χ2n) is 4.64. The predicted octanol–water partition coefficient (Wildman–Crippen LogP) is 1.78. The summed E-state index contributed by atoms with van der Waals surface area (Å²) in [7, 11) is 1.93. The third-order valence-electron chi connectivity index (χ3n) is 3.30. The first-order valence-electron chi connectivity index (χ1n) is 6.12. The van der Waals surface area contributed by atoms with Gasteiger partial charge in [0.1, 0.15) is 0 Å². The van der Waals surface area contributed by atoms with E-state index >= 15 is 0 Å². The number of amides is 1. The maximum atomic E-state index is 12.0. The largest absolute Gasteiger partial charge is 0.337 e. The van der Waals surface area contributed by atoms with Gasteiger partial charge in [-0.3, -0.25) is 4.79 Å². The fourth-order valence-electron chi connectivity index (χ4n) is 2.46. The number of carbonyl (C=O) groups is 1. The van der Waals surface area contributed by atoms with Gasteiger partial charge in [0.05, 0.1) is 0 Å². The second kappa shape index (κ2) is 6.11. The molecule has 1 N–H and O–H groups in total. The van der Waals surface area contributed by atoms with Gasteiger partial charge in [0.15, 0.2) is 0 Å². The van der Waals surface area contributed by atoms with Gasteiger partial charge in [0, 0.05) is 18.5 Å². The van der Waals surface area contributed by atoms with E-state index in [0.717, 1.165) is 13.0 Å². The lowest BCUT2D eigenvalue weighted by molar-refractivity contribution is -0.137. The standard InChI is InChI=1S/C12H24N2O/c1-10-6-4-7-11(2)14(10)12(15)8-5-9-13-3/h10-11,13H,4-9H2,1-3H3/t10-,11+. The molecule has 0 saturated carbocycles. The van der Waals surface area contributed by atoms with Crippen LogP contribution in [0.25, 0.3) is 0 Å². The lowest BCUT2D eigenvalue weighted by Crippen LogP contribution is -2.47. The molecule has 0 bridgehead atoms. The highest BCUT2D eigenvalue weighted by atomic mass is 16.2. The monoisotopic (exact) mass is 212 g/mol. The predicted molar refractivity (Wildman–Crippen MR) is 62.8 cm³/mol. The number of rotatable bonds is 4. The van der Waals surface area contributed by atoms with Crippen molar-refractivity contribution in [1.29, 1.82) is 0 Å². The molecule has 1 heterocycles. The highest BCUT2D eigenvalue weighted by molar-refractivity contribution is 5.76. The fraction of sp³-hybridized carbons (Fsp3) is 0.917. The van der Waals surface area contributed by atoms with Gasteiger partial charge in [-0.2, -0.15) is 0 Å². The summed E-state index contributed by atoms with van der Waals surface area (Å²) in [6, 6.07) is 0.881. The summed E-state index contributed by atoms with van der Waals surface area (Å²) in [4.78, 5) is 14.1. The molecular weight excluding hydrogens is 188 g/mol. The fourth-order valence-corrected chi connectivity index (χ4v) is 2.46. The van der Waals surface area contributed by atoms with Crippen molar-refractivity contribution in [3.05, 3.63) is 0 Å². The number of hydrogen-bond acceptors (Lipinski definition) is 2. The van der Waals surface area contributed by atoms with Crippen LogP contribution in [0.1, 0.15) is 46.0 Å². The molecule has 88 valence electrons. The van der Waals surface area contributed by atoms with Crippen LogP contribution in [0.15, 0.2) is 0 Å². The first-order valence-corrected chi connectivity index (χ1v) is 6.12. The number of likely N-dealkylation sites (tertiary alicyclic amines) is 1. The summed E-state index contributed by atoms with van der Waals surface area (Å²) in [6.45, 7) is 5.28. The third kappa shape index (κ3) is 3.49. The molecular formula is C12H24N2O. The van der Waals surface area contributed by atoms with Crippen LogP contribution >= 0.6 is 0 Å². The zero-order valence-corrected chi connectivity index (χ0v) is 10.3. The molecule has 1 amide bonds. The number of carbonyl (C=O) groups excluding carboxylic acids is 1. The SMILES string of the molecule is CNCCCC(=O)N1[C@H](C)CCC[C@@H]1C. The molecule has 0 aromatic rings. The number of nitrogens with zero attached hydrogens (tertiary/aromatic N) is 1. The zero-order valence-electron chi connectivity index (χ0n) is 10.3. The Bertz CT molecular complexity index is 196. The van der Waals surface area contributed by atoms with Crippen LogP contribution in [0, 0.1) is 0 Å². The van der Waals surface area contributed by atoms with Crippen molar-refractivity contribution in [2.45, 2.75) is 58.0 Å². The average molecular weight is 212 g/mol. The molecule has 0 aromatic heterocycles. The zero-order chi connectivity index (χ0) is 11.3. The van der Waals surface area contributed by atoms with Crippen molar-refractivity contribution in [3.63, 3.8) is 0 Å². The van der Waals surface area contributed by atoms with Crippen molar-refractivity contribution in [2.75, 3.05) is 13.6 Å². The molecule has 3 nitrogen and oxygen atoms in total. The molecule has 1 fully saturated rings. The van der Waals surface area contributed by atoms with Crippen LogP contribution in [0.4, 0.5) is 0 Å². The molecule has 1 aliphatic rings. The van der Waals surface area contributed by atoms with Crippen LogP contribution in [0.3, 0.4) is 0 Å². The van der Waals surface area contributed by atoms with Gasteiger partial charge in [-0.15, -0.1) is 0 Å². The van der Waals surface area contributed by atoms with Gasteiger partial charge in [0.2, 0.25) is 5.91 Å². The molecule has 15 heavy (non-hydrogen) atoms. The molecule has 1 rings (SSSR count). The Morgan fingerprint density at radius 3 is 2.47 bits per heavy atom. The Morgan fingerprint density at radius 1 is 1.33 bits per heavy atom. The smallest absolute Gasteiger partial charge is 0.223 e. The van der Waals surface area contributed by atoms with Crippen molar-refractivity contribution in [2.24, 2.45) is 0 Å². The van der Waals surface area contributed by atoms with E-state index in [4.69, 9.17) is 0 Å². The Labute approximate surface area is 93.2 Å². The van der Waals surface area contributed by atoms with Crippen molar-refractivity contribution < 1.29 is 4.79 Å². The van der Waals surface area contributed by atoms with E-state index in [9.17, 15) is 4.79 Å². The summed E-state index contributed by atoms with van der Waals surface area (Å²) in [6.07, 6.45) is 5.24. The topological polar surface area (TPSA) is 32.3 Å². The van der Waals surface area contributed by atoms with Crippen LogP contribution in [-0.4, -0.2) is 36.5 Å². The van der Waals surface area contributed by atoms with Crippen LogP contribution < -0.4 is 5.32 Å². The van der Waals surface area contributed by atoms with Crippen molar-refractivity contribution in [1.82, 2.24) is 10.2 Å². The molecule has 1 aliphatic heterocycles. The minimum absolute atomic E-state index is 0.338. The lowest BCUT2D eigenvalue weighted by Gasteiger charge is -2.39. The maximum Gasteiger partial charge on any atom is 0.223 e. The van der Waals surface area contributed by atoms with Crippen molar-refractivity contribution in [3.8, 4) is 0 Å². The third-order valence-corrected chi connectivity index (χ3v) is 3.30. The van der Waals surface area contributed by atoms with Gasteiger partial charge in [-0.1, -0.05) is 0 Å². The average Bonchev–Trinajstić information content (AvgIpc) is 2.18. The van der Waals surface area contributed by atoms with E-state index in [1.54, 1.807) is 0 Å². The van der Waals surface area contributed by atoms with Gasteiger partial charge >= 0.3 is 0 Å². The van der Waals surface area contributed by atoms with E-state index in [2.05, 4.69) is 24.1 Å². The molecule has 2 atom stereocenters. The van der Waals surface area contributed by atoms with Crippen molar-refractivity contribution >= 4 is 5.91 Å². The highest BCUT2D eigenvalue weighted by Gasteiger charge is 2.27. The molecule has 0 radical (unpaired) electrons. The van der Waals surface area contributed by atoms with E-state index in [1.165, 1.54) is 19.3 Å². The number of nitrogens with one attached hydrogen (secondary N) is 1. The Kier molecular flexibility index (Phi) is 5.09. The molecule has 3 heteroatoms. The number of piperidine rings is 1. The quantitative estimate of drug-likeness (QED) is 0.720. The molecule has 0 unspecified atom stereocenters. The summed E-state index contributed by atoms with van der Waals surface area (Å²) in [5, 5.41) is 3.08. The van der Waals surface area contributed by atoms with Gasteiger partial charge < -0.3 is 10.2 Å². The van der Waals surface area contributed by atoms with E-state index in [-0.39, 0.29) is 0 Å². The van der Waals surface area contributed by atoms with E-state index in [1.807, 2.05) is 7.05 Å². The van der Waals surface area contributed by atoms with Gasteiger partial charge in [-0.25, -0.2) is 0 Å². The first-order chi connectivity index (χ1) is 7.16. The van der Waals surface area contributed by atoms with Gasteiger partial charge in [0.25, 0.3) is 0 Å². The Balaban J connectivity index is 2.41. The van der Waals surface area contributed by atoms with Gasteiger partial charge in [-0.05, 0) is 53.1 Å². The van der Waals surface area contributed by atoms with Crippen LogP contribution in [-0.2, 0) is 4.79 Å². The lowest BCUT2D eigenvalue weighted by atomic mass is 9.97. The normalized spacial score (nSPS) is 26.7. The van der Waals surface area contributed by atoms with Crippen LogP contribution in [0.2, 0.25) is 0 Å². The molecule has 0 aliphatic carbocycles.